The molecule has 0 aliphatic carbocycles. The molecule has 4 heteroatoms. The molecule has 1 aromatic rings. The molecular weight excluding hydrogens is 211 g/mol. The van der Waals surface area contributed by atoms with Crippen LogP contribution in [0, 0.1) is 0 Å². The van der Waals surface area contributed by atoms with Gasteiger partial charge in [0.05, 0.1) is 7.11 Å². The predicted molar refractivity (Wildman–Crippen MR) is 60.4 cm³/mol. The van der Waals surface area contributed by atoms with Crippen LogP contribution in [0.3, 0.4) is 0 Å². The van der Waals surface area contributed by atoms with Crippen molar-refractivity contribution in [3.05, 3.63) is 29.8 Å². The molecule has 0 aliphatic heterocycles. The highest BCUT2D eigenvalue weighted by atomic mass is 31.1. The fourth-order valence-corrected chi connectivity index (χ4v) is 1.50. The summed E-state index contributed by atoms with van der Waals surface area (Å²) < 4.78 is 20.7. The van der Waals surface area contributed by atoms with E-state index in [1.54, 1.807) is 6.07 Å². The zero-order valence-corrected chi connectivity index (χ0v) is 10.4. The van der Waals surface area contributed by atoms with Crippen LogP contribution in [0.4, 0.5) is 0 Å². The van der Waals surface area contributed by atoms with Crippen LogP contribution in [0.2, 0.25) is 0 Å². The van der Waals surface area contributed by atoms with E-state index in [-0.39, 0.29) is 5.41 Å². The summed E-state index contributed by atoms with van der Waals surface area (Å²) in [5, 5.41) is 0. The van der Waals surface area contributed by atoms with Gasteiger partial charge in [-0.25, -0.2) is 4.52 Å². The van der Waals surface area contributed by atoms with Gasteiger partial charge in [-0.3, -0.25) is 0 Å². The largest absolute Gasteiger partial charge is 0.749 e. The van der Waals surface area contributed by atoms with E-state index in [4.69, 9.17) is 4.52 Å². The maximum Gasteiger partial charge on any atom is 0.749 e. The van der Waals surface area contributed by atoms with Crippen molar-refractivity contribution in [2.45, 2.75) is 26.2 Å². The van der Waals surface area contributed by atoms with Crippen LogP contribution in [-0.4, -0.2) is 7.11 Å². The van der Waals surface area contributed by atoms with Gasteiger partial charge in [-0.2, -0.15) is 0 Å². The van der Waals surface area contributed by atoms with Gasteiger partial charge in [0, 0.05) is 4.57 Å². The van der Waals surface area contributed by atoms with Crippen LogP contribution >= 0.6 is 8.25 Å². The van der Waals surface area contributed by atoms with Crippen molar-refractivity contribution in [3.8, 4) is 5.75 Å². The van der Waals surface area contributed by atoms with Gasteiger partial charge in [0.15, 0.2) is 5.75 Å². The molecule has 0 spiro atoms. The molecule has 0 saturated carbocycles. The Labute approximate surface area is 91.4 Å². The highest BCUT2D eigenvalue weighted by Gasteiger charge is 2.21. The summed E-state index contributed by atoms with van der Waals surface area (Å²) >= 11 is 0. The average molecular weight is 227 g/mol. The standard InChI is InChI=1S/C11H16O3P/c1-11(2,3)9-6-5-7-10(8-9)14-15(12)13-4/h5-8H,1-4H3/q+1. The van der Waals surface area contributed by atoms with Gasteiger partial charge in [-0.1, -0.05) is 32.9 Å². The summed E-state index contributed by atoms with van der Waals surface area (Å²) in [5.74, 6) is 0.574. The fraction of sp³-hybridized carbons (Fsp3) is 0.455. The molecule has 15 heavy (non-hydrogen) atoms. The van der Waals surface area contributed by atoms with Crippen molar-refractivity contribution in [3.63, 3.8) is 0 Å². The first-order valence-corrected chi connectivity index (χ1v) is 5.83. The first-order valence-electron chi connectivity index (χ1n) is 4.73. The summed E-state index contributed by atoms with van der Waals surface area (Å²) in [7, 11) is -0.699. The first-order chi connectivity index (χ1) is 6.93. The van der Waals surface area contributed by atoms with Crippen molar-refractivity contribution >= 4 is 8.25 Å². The van der Waals surface area contributed by atoms with Crippen molar-refractivity contribution < 1.29 is 13.6 Å². The smallest absolute Gasteiger partial charge is 0.229 e. The van der Waals surface area contributed by atoms with E-state index in [1.807, 2.05) is 18.2 Å². The van der Waals surface area contributed by atoms with Gasteiger partial charge in [0.1, 0.15) is 0 Å². The minimum atomic E-state index is -2.05. The van der Waals surface area contributed by atoms with Gasteiger partial charge in [-0.15, -0.1) is 4.52 Å². The minimum absolute atomic E-state index is 0.0537. The molecule has 0 aliphatic rings. The third-order valence-corrected chi connectivity index (χ3v) is 2.69. The van der Waals surface area contributed by atoms with E-state index in [2.05, 4.69) is 25.3 Å². The van der Waals surface area contributed by atoms with Crippen LogP contribution in [-0.2, 0) is 14.5 Å². The Morgan fingerprint density at radius 1 is 1.27 bits per heavy atom. The normalized spacial score (nSPS) is 12.4. The predicted octanol–water partition coefficient (Wildman–Crippen LogP) is 3.67. The summed E-state index contributed by atoms with van der Waals surface area (Å²) in [6.07, 6.45) is 0. The lowest BCUT2D eigenvalue weighted by Gasteiger charge is -2.18. The highest BCUT2D eigenvalue weighted by molar-refractivity contribution is 7.33. The molecule has 1 unspecified atom stereocenters. The molecule has 0 aromatic heterocycles. The molecule has 0 bridgehead atoms. The maximum atomic E-state index is 11.0. The van der Waals surface area contributed by atoms with E-state index in [0.29, 0.717) is 5.75 Å². The minimum Gasteiger partial charge on any atom is -0.229 e. The second-order valence-corrected chi connectivity index (χ2v) is 5.27. The molecule has 0 N–H and O–H groups in total. The SMILES string of the molecule is CO[P+](=O)Oc1cccc(C(C)(C)C)c1. The van der Waals surface area contributed by atoms with Gasteiger partial charge < -0.3 is 0 Å². The molecule has 0 amide bonds. The number of hydrogen-bond donors (Lipinski definition) is 0. The third-order valence-electron chi connectivity index (χ3n) is 2.03. The lowest BCUT2D eigenvalue weighted by atomic mass is 9.87. The van der Waals surface area contributed by atoms with Crippen LogP contribution in [0.25, 0.3) is 0 Å². The molecule has 3 nitrogen and oxygen atoms in total. The zero-order chi connectivity index (χ0) is 11.5. The molecule has 82 valence electrons. The topological polar surface area (TPSA) is 35.5 Å². The van der Waals surface area contributed by atoms with E-state index in [9.17, 15) is 4.57 Å². The Balaban J connectivity index is 2.88. The molecular formula is C11H16O3P+. The van der Waals surface area contributed by atoms with E-state index >= 15 is 0 Å². The van der Waals surface area contributed by atoms with Crippen molar-refractivity contribution in [1.29, 1.82) is 0 Å². The van der Waals surface area contributed by atoms with Crippen LogP contribution < -0.4 is 4.52 Å². The third kappa shape index (κ3) is 3.61. The van der Waals surface area contributed by atoms with Crippen LogP contribution in [0.5, 0.6) is 5.75 Å². The molecule has 0 heterocycles. The molecule has 1 rings (SSSR count). The van der Waals surface area contributed by atoms with Gasteiger partial charge in [0.25, 0.3) is 0 Å². The van der Waals surface area contributed by atoms with Gasteiger partial charge >= 0.3 is 8.25 Å². The first kappa shape index (κ1) is 12.2. The zero-order valence-electron chi connectivity index (χ0n) is 9.48. The van der Waals surface area contributed by atoms with Crippen molar-refractivity contribution in [1.82, 2.24) is 0 Å². The second-order valence-electron chi connectivity index (χ2n) is 4.28. The number of hydrogen-bond acceptors (Lipinski definition) is 3. The Bertz CT molecular complexity index is 355. The summed E-state index contributed by atoms with van der Waals surface area (Å²) in [5.41, 5.74) is 1.19. The summed E-state index contributed by atoms with van der Waals surface area (Å²) in [4.78, 5) is 0. The molecule has 0 saturated heterocycles. The van der Waals surface area contributed by atoms with E-state index in [1.165, 1.54) is 7.11 Å². The quantitative estimate of drug-likeness (QED) is 0.739. The monoisotopic (exact) mass is 227 g/mol. The van der Waals surface area contributed by atoms with Gasteiger partial charge in [-0.05, 0) is 23.1 Å². The Kier molecular flexibility index (Phi) is 3.83. The van der Waals surface area contributed by atoms with Crippen LogP contribution in [0.1, 0.15) is 26.3 Å². The molecule has 0 fully saturated rings. The second kappa shape index (κ2) is 4.73. The fourth-order valence-electron chi connectivity index (χ4n) is 1.14. The number of rotatable bonds is 3. The molecule has 1 atom stereocenters. The lowest BCUT2D eigenvalue weighted by molar-refractivity contribution is 0.348. The van der Waals surface area contributed by atoms with Gasteiger partial charge in [0.2, 0.25) is 0 Å². The summed E-state index contributed by atoms with van der Waals surface area (Å²) in [6, 6.07) is 7.55. The van der Waals surface area contributed by atoms with Crippen molar-refractivity contribution in [2.75, 3.05) is 7.11 Å². The maximum absolute atomic E-state index is 11.0. The Morgan fingerprint density at radius 2 is 1.93 bits per heavy atom. The summed E-state index contributed by atoms with van der Waals surface area (Å²) in [6.45, 7) is 6.34. The van der Waals surface area contributed by atoms with Crippen LogP contribution in [0.15, 0.2) is 24.3 Å². The van der Waals surface area contributed by atoms with Crippen molar-refractivity contribution in [2.24, 2.45) is 0 Å². The van der Waals surface area contributed by atoms with E-state index in [0.717, 1.165) is 5.56 Å². The average Bonchev–Trinajstić information content (AvgIpc) is 2.17. The highest BCUT2D eigenvalue weighted by Crippen LogP contribution is 2.30. The van der Waals surface area contributed by atoms with E-state index < -0.39 is 8.25 Å². The molecule has 0 radical (unpaired) electrons. The Hall–Kier alpha value is -0.920. The lowest BCUT2D eigenvalue weighted by Crippen LogP contribution is -2.10. The molecule has 1 aromatic carbocycles. The number of benzene rings is 1. The Morgan fingerprint density at radius 3 is 2.47 bits per heavy atom.